The third-order valence-corrected chi connectivity index (χ3v) is 3.08. The highest BCUT2D eigenvalue weighted by molar-refractivity contribution is 5.53. The van der Waals surface area contributed by atoms with Gasteiger partial charge in [-0.1, -0.05) is 29.8 Å². The molecule has 0 spiro atoms. The van der Waals surface area contributed by atoms with Crippen molar-refractivity contribution in [3.63, 3.8) is 0 Å². The Hall–Kier alpha value is -2.62. The Balaban J connectivity index is 1.71. The van der Waals surface area contributed by atoms with Crippen molar-refractivity contribution in [1.82, 2.24) is 10.2 Å². The summed E-state index contributed by atoms with van der Waals surface area (Å²) in [7, 11) is 0. The molecule has 0 saturated heterocycles. The van der Waals surface area contributed by atoms with Crippen LogP contribution < -0.4 is 4.74 Å². The standard InChI is InChI=1S/C17H16N2O2/c1-12-5-3-7-14(9-12)17-19-18-16(21-17)11-20-15-8-4-6-13(2)10-15/h3-10H,11H2,1-2H3. The highest BCUT2D eigenvalue weighted by Gasteiger charge is 2.09. The van der Waals surface area contributed by atoms with E-state index in [-0.39, 0.29) is 6.61 Å². The van der Waals surface area contributed by atoms with E-state index in [1.54, 1.807) is 0 Å². The van der Waals surface area contributed by atoms with Gasteiger partial charge in [0.2, 0.25) is 5.89 Å². The van der Waals surface area contributed by atoms with Gasteiger partial charge < -0.3 is 9.15 Å². The minimum absolute atomic E-state index is 0.266. The molecule has 4 heteroatoms. The van der Waals surface area contributed by atoms with Crippen LogP contribution in [0.1, 0.15) is 17.0 Å². The van der Waals surface area contributed by atoms with E-state index in [1.165, 1.54) is 0 Å². The summed E-state index contributed by atoms with van der Waals surface area (Å²) < 4.78 is 11.3. The number of hydrogen-bond acceptors (Lipinski definition) is 4. The van der Waals surface area contributed by atoms with Crippen molar-refractivity contribution in [2.45, 2.75) is 20.5 Å². The van der Waals surface area contributed by atoms with Crippen LogP contribution in [0.3, 0.4) is 0 Å². The third-order valence-electron chi connectivity index (χ3n) is 3.08. The van der Waals surface area contributed by atoms with Crippen molar-refractivity contribution in [2.75, 3.05) is 0 Å². The molecule has 21 heavy (non-hydrogen) atoms. The van der Waals surface area contributed by atoms with Crippen LogP contribution in [-0.4, -0.2) is 10.2 Å². The van der Waals surface area contributed by atoms with Crippen LogP contribution in [0.25, 0.3) is 11.5 Å². The normalized spacial score (nSPS) is 10.6. The zero-order chi connectivity index (χ0) is 14.7. The zero-order valence-corrected chi connectivity index (χ0v) is 12.0. The Morgan fingerprint density at radius 2 is 1.71 bits per heavy atom. The summed E-state index contributed by atoms with van der Waals surface area (Å²) >= 11 is 0. The fourth-order valence-corrected chi connectivity index (χ4v) is 2.06. The molecule has 3 rings (SSSR count). The highest BCUT2D eigenvalue weighted by atomic mass is 16.5. The molecular weight excluding hydrogens is 264 g/mol. The van der Waals surface area contributed by atoms with Crippen molar-refractivity contribution >= 4 is 0 Å². The lowest BCUT2D eigenvalue weighted by molar-refractivity contribution is 0.264. The first-order chi connectivity index (χ1) is 10.2. The second-order valence-corrected chi connectivity index (χ2v) is 4.98. The molecule has 0 aliphatic rings. The minimum Gasteiger partial charge on any atom is -0.484 e. The van der Waals surface area contributed by atoms with Crippen LogP contribution in [0.2, 0.25) is 0 Å². The number of nitrogens with zero attached hydrogens (tertiary/aromatic N) is 2. The van der Waals surface area contributed by atoms with E-state index in [0.29, 0.717) is 11.8 Å². The molecule has 0 N–H and O–H groups in total. The summed E-state index contributed by atoms with van der Waals surface area (Å²) in [5.41, 5.74) is 3.23. The van der Waals surface area contributed by atoms with Gasteiger partial charge in [0.05, 0.1) is 0 Å². The largest absolute Gasteiger partial charge is 0.484 e. The Morgan fingerprint density at radius 1 is 0.952 bits per heavy atom. The fourth-order valence-electron chi connectivity index (χ4n) is 2.06. The summed E-state index contributed by atoms with van der Waals surface area (Å²) in [4.78, 5) is 0. The first kappa shape index (κ1) is 13.4. The first-order valence-electron chi connectivity index (χ1n) is 6.79. The highest BCUT2D eigenvalue weighted by Crippen LogP contribution is 2.20. The lowest BCUT2D eigenvalue weighted by atomic mass is 10.1. The number of rotatable bonds is 4. The van der Waals surface area contributed by atoms with Gasteiger partial charge >= 0.3 is 0 Å². The molecule has 1 heterocycles. The second-order valence-electron chi connectivity index (χ2n) is 4.98. The smallest absolute Gasteiger partial charge is 0.254 e. The van der Waals surface area contributed by atoms with E-state index in [9.17, 15) is 0 Å². The topological polar surface area (TPSA) is 48.2 Å². The molecule has 0 saturated carbocycles. The van der Waals surface area contributed by atoms with Crippen molar-refractivity contribution in [1.29, 1.82) is 0 Å². The monoisotopic (exact) mass is 280 g/mol. The predicted octanol–water partition coefficient (Wildman–Crippen LogP) is 3.93. The summed E-state index contributed by atoms with van der Waals surface area (Å²) in [5, 5.41) is 8.08. The molecule has 2 aromatic carbocycles. The Labute approximate surface area is 123 Å². The molecule has 0 amide bonds. The van der Waals surface area contributed by atoms with E-state index < -0.39 is 0 Å². The van der Waals surface area contributed by atoms with Gasteiger partial charge in [-0.15, -0.1) is 10.2 Å². The summed E-state index contributed by atoms with van der Waals surface area (Å²) in [5.74, 6) is 1.78. The maximum atomic E-state index is 5.65. The number of hydrogen-bond donors (Lipinski definition) is 0. The lowest BCUT2D eigenvalue weighted by Gasteiger charge is -2.03. The molecular formula is C17H16N2O2. The molecule has 0 aliphatic heterocycles. The van der Waals surface area contributed by atoms with Gasteiger partial charge in [-0.3, -0.25) is 0 Å². The maximum Gasteiger partial charge on any atom is 0.254 e. The molecule has 4 nitrogen and oxygen atoms in total. The van der Waals surface area contributed by atoms with Crippen LogP contribution in [0.5, 0.6) is 5.75 Å². The number of benzene rings is 2. The number of aromatic nitrogens is 2. The Bertz CT molecular complexity index is 750. The molecule has 0 radical (unpaired) electrons. The molecule has 106 valence electrons. The van der Waals surface area contributed by atoms with E-state index >= 15 is 0 Å². The first-order valence-corrected chi connectivity index (χ1v) is 6.79. The average molecular weight is 280 g/mol. The van der Waals surface area contributed by atoms with Gasteiger partial charge in [0, 0.05) is 5.56 Å². The Kier molecular flexibility index (Phi) is 3.69. The molecule has 0 bridgehead atoms. The van der Waals surface area contributed by atoms with Gasteiger partial charge in [0.15, 0.2) is 6.61 Å². The van der Waals surface area contributed by atoms with Crippen LogP contribution in [0.15, 0.2) is 52.9 Å². The Morgan fingerprint density at radius 3 is 2.48 bits per heavy atom. The summed E-state index contributed by atoms with van der Waals surface area (Å²) in [6.45, 7) is 4.32. The maximum absolute atomic E-state index is 5.65. The average Bonchev–Trinajstić information content (AvgIpc) is 2.94. The lowest BCUT2D eigenvalue weighted by Crippen LogP contribution is -1.95. The summed E-state index contributed by atoms with van der Waals surface area (Å²) in [6, 6.07) is 15.8. The second kappa shape index (κ2) is 5.79. The SMILES string of the molecule is Cc1cccc(OCc2nnc(-c3cccc(C)c3)o2)c1. The molecule has 0 atom stereocenters. The summed E-state index contributed by atoms with van der Waals surface area (Å²) in [6.07, 6.45) is 0. The van der Waals surface area contributed by atoms with Gasteiger partial charge in [-0.2, -0.15) is 0 Å². The molecule has 1 aromatic heterocycles. The van der Waals surface area contributed by atoms with Crippen LogP contribution >= 0.6 is 0 Å². The van der Waals surface area contributed by atoms with Crippen molar-refractivity contribution in [3.05, 3.63) is 65.5 Å². The van der Waals surface area contributed by atoms with Gasteiger partial charge in [0.25, 0.3) is 5.89 Å². The van der Waals surface area contributed by atoms with Crippen LogP contribution in [0, 0.1) is 13.8 Å². The zero-order valence-electron chi connectivity index (χ0n) is 12.0. The predicted molar refractivity (Wildman–Crippen MR) is 80.0 cm³/mol. The van der Waals surface area contributed by atoms with E-state index in [0.717, 1.165) is 22.4 Å². The van der Waals surface area contributed by atoms with E-state index in [1.807, 2.05) is 62.4 Å². The van der Waals surface area contributed by atoms with Gasteiger partial charge in [0.1, 0.15) is 5.75 Å². The van der Waals surface area contributed by atoms with Crippen molar-refractivity contribution in [2.24, 2.45) is 0 Å². The molecule has 0 fully saturated rings. The van der Waals surface area contributed by atoms with Crippen LogP contribution in [-0.2, 0) is 6.61 Å². The third kappa shape index (κ3) is 3.28. The van der Waals surface area contributed by atoms with Crippen molar-refractivity contribution in [3.8, 4) is 17.2 Å². The molecule has 0 unspecified atom stereocenters. The van der Waals surface area contributed by atoms with Crippen LogP contribution in [0.4, 0.5) is 0 Å². The number of ether oxygens (including phenoxy) is 1. The quantitative estimate of drug-likeness (QED) is 0.726. The van der Waals surface area contributed by atoms with Gasteiger partial charge in [-0.25, -0.2) is 0 Å². The molecule has 0 aliphatic carbocycles. The van der Waals surface area contributed by atoms with Gasteiger partial charge in [-0.05, 0) is 43.7 Å². The minimum atomic E-state index is 0.266. The van der Waals surface area contributed by atoms with Crippen molar-refractivity contribution < 1.29 is 9.15 Å². The van der Waals surface area contributed by atoms with E-state index in [4.69, 9.17) is 9.15 Å². The van der Waals surface area contributed by atoms with E-state index in [2.05, 4.69) is 10.2 Å². The number of aryl methyl sites for hydroxylation is 2. The fraction of sp³-hybridized carbons (Fsp3) is 0.176. The molecule has 3 aromatic rings.